The van der Waals surface area contributed by atoms with E-state index in [0.717, 1.165) is 0 Å². The van der Waals surface area contributed by atoms with Crippen molar-refractivity contribution < 1.29 is 0 Å². The van der Waals surface area contributed by atoms with Crippen molar-refractivity contribution in [2.45, 2.75) is 63.3 Å². The first kappa shape index (κ1) is 13.3. The monoisotopic (exact) mass is 322 g/mol. The molecule has 0 aromatic carbocycles. The fourth-order valence-corrected chi connectivity index (χ4v) is 5.59. The second-order valence-electron chi connectivity index (χ2n) is 4.15. The van der Waals surface area contributed by atoms with Crippen molar-refractivity contribution in [3.63, 3.8) is 0 Å². The van der Waals surface area contributed by atoms with Crippen molar-refractivity contribution in [2.24, 2.45) is 0 Å². The van der Waals surface area contributed by atoms with Crippen LogP contribution in [-0.4, -0.2) is 20.9 Å². The maximum absolute atomic E-state index is 2.52. The summed E-state index contributed by atoms with van der Waals surface area (Å²) in [6.07, 6.45) is 14.6. The molecule has 0 spiro atoms. The Morgan fingerprint density at radius 1 is 1.40 bits per heavy atom. The van der Waals surface area contributed by atoms with Crippen LogP contribution in [0.5, 0.6) is 0 Å². The summed E-state index contributed by atoms with van der Waals surface area (Å²) >= 11 is 0.132. The Balaban J connectivity index is 2.49. The van der Waals surface area contributed by atoms with Gasteiger partial charge in [-0.15, -0.1) is 0 Å². The fourth-order valence-electron chi connectivity index (χ4n) is 1.86. The third-order valence-corrected chi connectivity index (χ3v) is 6.27. The molecule has 0 saturated carbocycles. The van der Waals surface area contributed by atoms with Crippen molar-refractivity contribution in [1.82, 2.24) is 0 Å². The minimum absolute atomic E-state index is 0.132. The van der Waals surface area contributed by atoms with Crippen LogP contribution in [0.1, 0.15) is 58.8 Å². The molecule has 0 N–H and O–H groups in total. The molecule has 0 fully saturated rings. The SMILES string of the molecule is CC/C=C(/[Te]CCCC)C1=CCCCC1. The number of hydrogen-bond donors (Lipinski definition) is 0. The number of hydrogen-bond acceptors (Lipinski definition) is 0. The van der Waals surface area contributed by atoms with Gasteiger partial charge in [-0.25, -0.2) is 0 Å². The molecule has 0 aromatic heterocycles. The molecule has 0 nitrogen and oxygen atoms in total. The van der Waals surface area contributed by atoms with Crippen molar-refractivity contribution in [3.05, 3.63) is 21.3 Å². The van der Waals surface area contributed by atoms with Gasteiger partial charge < -0.3 is 0 Å². The fraction of sp³-hybridized carbons (Fsp3) is 0.714. The second kappa shape index (κ2) is 8.42. The van der Waals surface area contributed by atoms with Crippen LogP contribution in [0.15, 0.2) is 21.3 Å². The summed E-state index contributed by atoms with van der Waals surface area (Å²) in [4.78, 5) is 0. The molecule has 0 heterocycles. The van der Waals surface area contributed by atoms with Gasteiger partial charge in [0.05, 0.1) is 0 Å². The van der Waals surface area contributed by atoms with Gasteiger partial charge in [-0.3, -0.25) is 0 Å². The quantitative estimate of drug-likeness (QED) is 0.491. The summed E-state index contributed by atoms with van der Waals surface area (Å²) in [6.45, 7) is 4.58. The molecule has 0 radical (unpaired) electrons. The first-order chi connectivity index (χ1) is 7.38. The van der Waals surface area contributed by atoms with Gasteiger partial charge >= 0.3 is 106 Å². The minimum atomic E-state index is 0.132. The average molecular weight is 320 g/mol. The van der Waals surface area contributed by atoms with Gasteiger partial charge in [0.25, 0.3) is 0 Å². The number of allylic oxidation sites excluding steroid dienone is 4. The summed E-state index contributed by atoms with van der Waals surface area (Å²) in [6, 6.07) is 0. The summed E-state index contributed by atoms with van der Waals surface area (Å²) in [5.74, 6) is 0. The second-order valence-corrected chi connectivity index (χ2v) is 7.40. The maximum atomic E-state index is 2.52. The van der Waals surface area contributed by atoms with Gasteiger partial charge in [0.15, 0.2) is 0 Å². The van der Waals surface area contributed by atoms with E-state index in [2.05, 4.69) is 26.0 Å². The van der Waals surface area contributed by atoms with Gasteiger partial charge in [-0.1, -0.05) is 0 Å². The molecule has 1 aliphatic carbocycles. The zero-order chi connectivity index (χ0) is 10.9. The number of rotatable bonds is 6. The van der Waals surface area contributed by atoms with Crippen molar-refractivity contribution in [2.75, 3.05) is 0 Å². The summed E-state index contributed by atoms with van der Waals surface area (Å²) in [5, 5.41) is 0. The predicted molar refractivity (Wildman–Crippen MR) is 70.4 cm³/mol. The molecule has 0 aromatic rings. The molecule has 1 aliphatic rings. The summed E-state index contributed by atoms with van der Waals surface area (Å²) < 4.78 is 3.29. The molecule has 0 aliphatic heterocycles. The van der Waals surface area contributed by atoms with Crippen LogP contribution in [0, 0.1) is 0 Å². The van der Waals surface area contributed by atoms with Gasteiger partial charge in [0.1, 0.15) is 0 Å². The first-order valence-electron chi connectivity index (χ1n) is 6.40. The van der Waals surface area contributed by atoms with Crippen LogP contribution in [0.4, 0.5) is 0 Å². The van der Waals surface area contributed by atoms with E-state index in [1.807, 2.05) is 0 Å². The van der Waals surface area contributed by atoms with E-state index in [4.69, 9.17) is 0 Å². The Hall–Kier alpha value is 0.270. The average Bonchev–Trinajstić information content (AvgIpc) is 2.29. The molecular formula is C14H24Te. The molecule has 0 saturated heterocycles. The first-order valence-corrected chi connectivity index (χ1v) is 9.22. The third kappa shape index (κ3) is 5.23. The van der Waals surface area contributed by atoms with Crippen molar-refractivity contribution in [3.8, 4) is 0 Å². The summed E-state index contributed by atoms with van der Waals surface area (Å²) in [5.41, 5.74) is 1.72. The van der Waals surface area contributed by atoms with Crippen LogP contribution in [0.2, 0.25) is 4.47 Å². The molecule has 0 amide bonds. The molecule has 0 atom stereocenters. The topological polar surface area (TPSA) is 0 Å². The predicted octanol–water partition coefficient (Wildman–Crippen LogP) is 4.70. The van der Waals surface area contributed by atoms with Crippen LogP contribution in [0.3, 0.4) is 0 Å². The van der Waals surface area contributed by atoms with E-state index >= 15 is 0 Å². The Bertz CT molecular complexity index is 225. The third-order valence-electron chi connectivity index (χ3n) is 2.75. The van der Waals surface area contributed by atoms with Crippen LogP contribution >= 0.6 is 0 Å². The van der Waals surface area contributed by atoms with Gasteiger partial charge in [0, 0.05) is 0 Å². The van der Waals surface area contributed by atoms with Crippen LogP contribution in [0.25, 0.3) is 0 Å². The van der Waals surface area contributed by atoms with Gasteiger partial charge in [-0.2, -0.15) is 0 Å². The Kier molecular flexibility index (Phi) is 7.49. The molecule has 1 rings (SSSR count). The summed E-state index contributed by atoms with van der Waals surface area (Å²) in [7, 11) is 0. The Morgan fingerprint density at radius 2 is 2.27 bits per heavy atom. The molecule has 1 heteroatoms. The zero-order valence-electron chi connectivity index (χ0n) is 10.2. The molecule has 15 heavy (non-hydrogen) atoms. The molecule has 0 bridgehead atoms. The van der Waals surface area contributed by atoms with E-state index in [0.29, 0.717) is 0 Å². The van der Waals surface area contributed by atoms with Crippen molar-refractivity contribution in [1.29, 1.82) is 0 Å². The normalized spacial score (nSPS) is 17.7. The van der Waals surface area contributed by atoms with Crippen LogP contribution in [-0.2, 0) is 0 Å². The van der Waals surface area contributed by atoms with E-state index in [9.17, 15) is 0 Å². The van der Waals surface area contributed by atoms with E-state index in [1.165, 1.54) is 49.4 Å². The van der Waals surface area contributed by atoms with E-state index in [-0.39, 0.29) is 20.9 Å². The van der Waals surface area contributed by atoms with Gasteiger partial charge in [-0.05, 0) is 0 Å². The van der Waals surface area contributed by atoms with Crippen LogP contribution < -0.4 is 0 Å². The van der Waals surface area contributed by atoms with E-state index in [1.54, 1.807) is 9.19 Å². The number of unbranched alkanes of at least 4 members (excludes halogenated alkanes) is 1. The zero-order valence-corrected chi connectivity index (χ0v) is 12.6. The van der Waals surface area contributed by atoms with Crippen molar-refractivity contribution >= 4 is 20.9 Å². The molecule has 86 valence electrons. The Labute approximate surface area is 105 Å². The van der Waals surface area contributed by atoms with Gasteiger partial charge in [0.2, 0.25) is 0 Å². The Morgan fingerprint density at radius 3 is 2.87 bits per heavy atom. The standard InChI is InChI=1S/C14H24Te/c1-3-5-12-15-14(9-4-2)13-10-7-6-8-11-13/h9-10H,3-8,11-12H2,1-2H3/b14-9+. The van der Waals surface area contributed by atoms with E-state index < -0.39 is 0 Å². The molecular weight excluding hydrogens is 296 g/mol. The molecule has 0 unspecified atom stereocenters.